The van der Waals surface area contributed by atoms with E-state index in [0.29, 0.717) is 24.5 Å². The Balaban J connectivity index is 2.29. The molecule has 1 aromatic heterocycles. The number of hydrogen-bond donors (Lipinski definition) is 0. The van der Waals surface area contributed by atoms with Crippen molar-refractivity contribution in [2.75, 3.05) is 20.3 Å². The Labute approximate surface area is 174 Å². The molecule has 0 spiro atoms. The Morgan fingerprint density at radius 1 is 1.14 bits per heavy atom. The molecule has 1 heterocycles. The zero-order valence-corrected chi connectivity index (χ0v) is 19.6. The molecule has 0 fully saturated rings. The maximum Gasteiger partial charge on any atom is 0.196 e. The molecule has 0 aliphatic rings. The third-order valence-corrected chi connectivity index (χ3v) is 9.89. The van der Waals surface area contributed by atoms with Gasteiger partial charge in [0.1, 0.15) is 0 Å². The molecule has 4 nitrogen and oxygen atoms in total. The minimum atomic E-state index is -1.87. The van der Waals surface area contributed by atoms with E-state index in [4.69, 9.17) is 13.9 Å². The maximum atomic E-state index is 14.5. The van der Waals surface area contributed by atoms with Gasteiger partial charge in [-0.3, -0.25) is 4.98 Å². The number of nitrogens with zero attached hydrogens (tertiary/aromatic N) is 1. The summed E-state index contributed by atoms with van der Waals surface area (Å²) in [6.07, 6.45) is 3.45. The van der Waals surface area contributed by atoms with Crippen LogP contribution in [0, 0.1) is 5.82 Å². The van der Waals surface area contributed by atoms with E-state index in [1.54, 1.807) is 18.5 Å². The van der Waals surface area contributed by atoms with Crippen LogP contribution in [0.2, 0.25) is 18.1 Å². The smallest absolute Gasteiger partial charge is 0.196 e. The number of pyridine rings is 1. The predicted molar refractivity (Wildman–Crippen MR) is 120 cm³/mol. The summed E-state index contributed by atoms with van der Waals surface area (Å²) in [6.45, 7) is 17.9. The first-order chi connectivity index (χ1) is 13.5. The standard InChI is InChI=1S/C23H32FNO3Si/c1-9-27-21-12-17(11-20(24)22(21)26-6)19-10-18(13-25-14-19)16(2)15-28-29(7,8)23(3,4)5/h10-14H,2,9,15H2,1,3-8H3. The molecule has 29 heavy (non-hydrogen) atoms. The molecule has 0 N–H and O–H groups in total. The van der Waals surface area contributed by atoms with Gasteiger partial charge in [-0.2, -0.15) is 0 Å². The first-order valence-electron chi connectivity index (χ1n) is 9.78. The first kappa shape index (κ1) is 23.1. The van der Waals surface area contributed by atoms with E-state index in [0.717, 1.165) is 16.7 Å². The molecule has 0 saturated carbocycles. The van der Waals surface area contributed by atoms with Gasteiger partial charge < -0.3 is 13.9 Å². The van der Waals surface area contributed by atoms with Crippen molar-refractivity contribution in [2.24, 2.45) is 0 Å². The lowest BCUT2D eigenvalue weighted by Crippen LogP contribution is -2.41. The summed E-state index contributed by atoms with van der Waals surface area (Å²) in [6, 6.07) is 5.14. The molecular formula is C23H32FNO3Si. The fourth-order valence-electron chi connectivity index (χ4n) is 2.55. The van der Waals surface area contributed by atoms with Gasteiger partial charge in [0.15, 0.2) is 25.6 Å². The molecule has 0 aliphatic heterocycles. The van der Waals surface area contributed by atoms with Gasteiger partial charge in [-0.05, 0) is 60.0 Å². The van der Waals surface area contributed by atoms with Crippen molar-refractivity contribution in [1.82, 2.24) is 4.98 Å². The Bertz CT molecular complexity index is 875. The number of methoxy groups -OCH3 is 1. The summed E-state index contributed by atoms with van der Waals surface area (Å²) in [5.74, 6) is 0.00123. The van der Waals surface area contributed by atoms with Crippen LogP contribution in [0.4, 0.5) is 4.39 Å². The van der Waals surface area contributed by atoms with E-state index in [2.05, 4.69) is 45.4 Å². The molecule has 1 aromatic carbocycles. The van der Waals surface area contributed by atoms with Crippen LogP contribution in [-0.4, -0.2) is 33.6 Å². The van der Waals surface area contributed by atoms with Crippen molar-refractivity contribution in [3.05, 3.63) is 48.6 Å². The van der Waals surface area contributed by atoms with Gasteiger partial charge in [-0.25, -0.2) is 4.39 Å². The summed E-state index contributed by atoms with van der Waals surface area (Å²) >= 11 is 0. The second kappa shape index (κ2) is 9.09. The van der Waals surface area contributed by atoms with Crippen LogP contribution in [0.3, 0.4) is 0 Å². The first-order valence-corrected chi connectivity index (χ1v) is 12.7. The van der Waals surface area contributed by atoms with Crippen LogP contribution in [-0.2, 0) is 4.43 Å². The highest BCUT2D eigenvalue weighted by atomic mass is 28.4. The molecule has 2 aromatic rings. The number of hydrogen-bond acceptors (Lipinski definition) is 4. The van der Waals surface area contributed by atoms with Crippen LogP contribution in [0.15, 0.2) is 37.2 Å². The fraction of sp³-hybridized carbons (Fsp3) is 0.435. The zero-order chi connectivity index (χ0) is 21.8. The van der Waals surface area contributed by atoms with E-state index in [9.17, 15) is 4.39 Å². The predicted octanol–water partition coefficient (Wildman–Crippen LogP) is 6.33. The molecule has 0 unspecified atom stereocenters. The largest absolute Gasteiger partial charge is 0.490 e. The van der Waals surface area contributed by atoms with Crippen molar-refractivity contribution in [2.45, 2.75) is 45.8 Å². The Morgan fingerprint density at radius 3 is 2.41 bits per heavy atom. The van der Waals surface area contributed by atoms with Gasteiger partial charge in [0.25, 0.3) is 0 Å². The second-order valence-electron chi connectivity index (χ2n) is 8.54. The van der Waals surface area contributed by atoms with E-state index < -0.39 is 14.1 Å². The average Bonchev–Trinajstić information content (AvgIpc) is 2.65. The topological polar surface area (TPSA) is 40.6 Å². The zero-order valence-electron chi connectivity index (χ0n) is 18.6. The van der Waals surface area contributed by atoms with E-state index >= 15 is 0 Å². The van der Waals surface area contributed by atoms with E-state index in [-0.39, 0.29) is 10.8 Å². The Hall–Kier alpha value is -2.18. The summed E-state index contributed by atoms with van der Waals surface area (Å²) < 4.78 is 31.4. The lowest BCUT2D eigenvalue weighted by atomic mass is 10.0. The van der Waals surface area contributed by atoms with Crippen molar-refractivity contribution < 1.29 is 18.3 Å². The Kier molecular flexibility index (Phi) is 7.24. The molecule has 0 bridgehead atoms. The summed E-state index contributed by atoms with van der Waals surface area (Å²) in [7, 11) is -0.448. The molecule has 0 aliphatic carbocycles. The maximum absolute atomic E-state index is 14.5. The lowest BCUT2D eigenvalue weighted by molar-refractivity contribution is 0.302. The number of benzene rings is 1. The molecule has 0 amide bonds. The molecule has 6 heteroatoms. The van der Waals surface area contributed by atoms with Crippen molar-refractivity contribution in [3.8, 4) is 22.6 Å². The minimum Gasteiger partial charge on any atom is -0.490 e. The van der Waals surface area contributed by atoms with Gasteiger partial charge in [0.05, 0.1) is 20.3 Å². The lowest BCUT2D eigenvalue weighted by Gasteiger charge is -2.36. The number of rotatable bonds is 8. The number of ether oxygens (including phenoxy) is 2. The molecular weight excluding hydrogens is 385 g/mol. The minimum absolute atomic E-state index is 0.104. The van der Waals surface area contributed by atoms with E-state index in [1.165, 1.54) is 13.2 Å². The highest BCUT2D eigenvalue weighted by Crippen LogP contribution is 2.38. The van der Waals surface area contributed by atoms with Gasteiger partial charge in [0, 0.05) is 18.0 Å². The molecule has 2 rings (SSSR count). The van der Waals surface area contributed by atoms with Crippen LogP contribution in [0.1, 0.15) is 33.3 Å². The third kappa shape index (κ3) is 5.45. The van der Waals surface area contributed by atoms with Gasteiger partial charge in [0.2, 0.25) is 0 Å². The monoisotopic (exact) mass is 417 g/mol. The van der Waals surface area contributed by atoms with Crippen molar-refractivity contribution in [3.63, 3.8) is 0 Å². The highest BCUT2D eigenvalue weighted by molar-refractivity contribution is 6.74. The summed E-state index contributed by atoms with van der Waals surface area (Å²) in [4.78, 5) is 4.32. The molecule has 0 saturated heterocycles. The van der Waals surface area contributed by atoms with Crippen LogP contribution in [0.25, 0.3) is 16.7 Å². The van der Waals surface area contributed by atoms with Crippen molar-refractivity contribution >= 4 is 13.9 Å². The molecule has 158 valence electrons. The fourth-order valence-corrected chi connectivity index (χ4v) is 3.52. The Morgan fingerprint density at radius 2 is 1.83 bits per heavy atom. The van der Waals surface area contributed by atoms with Crippen LogP contribution in [0.5, 0.6) is 11.5 Å². The quantitative estimate of drug-likeness (QED) is 0.471. The van der Waals surface area contributed by atoms with Gasteiger partial charge >= 0.3 is 0 Å². The summed E-state index contributed by atoms with van der Waals surface area (Å²) in [5, 5.41) is 0.129. The highest BCUT2D eigenvalue weighted by Gasteiger charge is 2.37. The summed E-state index contributed by atoms with van der Waals surface area (Å²) in [5.41, 5.74) is 3.16. The normalized spacial score (nSPS) is 12.0. The second-order valence-corrected chi connectivity index (χ2v) is 13.3. The SMILES string of the molecule is C=C(CO[Si](C)(C)C(C)(C)C)c1cncc(-c2cc(F)c(OC)c(OCC)c2)c1. The molecule has 0 radical (unpaired) electrons. The number of aromatic nitrogens is 1. The van der Waals surface area contributed by atoms with Crippen LogP contribution < -0.4 is 9.47 Å². The van der Waals surface area contributed by atoms with Gasteiger partial charge in [-0.1, -0.05) is 27.4 Å². The van der Waals surface area contributed by atoms with Crippen LogP contribution >= 0.6 is 0 Å². The van der Waals surface area contributed by atoms with Gasteiger partial charge in [-0.15, -0.1) is 0 Å². The average molecular weight is 418 g/mol. The molecule has 0 atom stereocenters. The van der Waals surface area contributed by atoms with Crippen molar-refractivity contribution in [1.29, 1.82) is 0 Å². The van der Waals surface area contributed by atoms with E-state index in [1.807, 2.05) is 13.0 Å². The number of halogens is 1. The third-order valence-electron chi connectivity index (χ3n) is 5.41.